The third kappa shape index (κ3) is 2.96. The lowest BCUT2D eigenvalue weighted by Gasteiger charge is -2.23. The van der Waals surface area contributed by atoms with Crippen molar-refractivity contribution in [2.45, 2.75) is 11.8 Å². The number of halogens is 1. The average molecular weight is 310 g/mol. The fraction of sp³-hybridized carbons (Fsp3) is 0.154. The number of nitrogens with zero attached hydrogens (tertiary/aromatic N) is 2. The molecule has 8 heteroatoms. The van der Waals surface area contributed by atoms with Crippen molar-refractivity contribution in [3.8, 4) is 0 Å². The van der Waals surface area contributed by atoms with Gasteiger partial charge < -0.3 is 5.43 Å². The molecule has 0 aliphatic carbocycles. The molecular weight excluding hydrogens is 295 g/mol. The molecule has 0 saturated heterocycles. The molecule has 2 rings (SSSR count). The van der Waals surface area contributed by atoms with Crippen molar-refractivity contribution in [1.29, 1.82) is 0 Å². The van der Waals surface area contributed by atoms with Gasteiger partial charge in [0.05, 0.1) is 10.6 Å². The number of nitrogen functional groups attached to an aromatic ring is 1. The monoisotopic (exact) mass is 310 g/mol. The third-order valence-corrected chi connectivity index (χ3v) is 4.76. The van der Waals surface area contributed by atoms with Crippen molar-refractivity contribution < 1.29 is 12.8 Å². The number of pyridine rings is 1. The molecule has 0 amide bonds. The molecule has 112 valence electrons. The van der Waals surface area contributed by atoms with E-state index in [9.17, 15) is 12.8 Å². The van der Waals surface area contributed by atoms with Crippen LogP contribution in [0.25, 0.3) is 0 Å². The molecule has 0 saturated carbocycles. The minimum atomic E-state index is -3.90. The largest absolute Gasteiger partial charge is 0.308 e. The number of anilines is 2. The lowest BCUT2D eigenvalue weighted by Crippen LogP contribution is -2.31. The highest BCUT2D eigenvalue weighted by Gasteiger charge is 2.25. The van der Waals surface area contributed by atoms with Crippen molar-refractivity contribution in [2.24, 2.45) is 5.84 Å². The fourth-order valence-corrected chi connectivity index (χ4v) is 3.40. The Balaban J connectivity index is 2.52. The summed E-state index contributed by atoms with van der Waals surface area (Å²) in [5.41, 5.74) is 2.28. The summed E-state index contributed by atoms with van der Waals surface area (Å²) >= 11 is 0. The summed E-state index contributed by atoms with van der Waals surface area (Å²) in [6.45, 7) is 1.73. The van der Waals surface area contributed by atoms with E-state index in [1.165, 1.54) is 36.5 Å². The first-order chi connectivity index (χ1) is 10.0. The first-order valence-corrected chi connectivity index (χ1v) is 7.64. The molecule has 0 unspecified atom stereocenters. The van der Waals surface area contributed by atoms with Crippen LogP contribution in [0, 0.1) is 5.82 Å². The molecular formula is C13H15FN4O2S. The van der Waals surface area contributed by atoms with Crippen molar-refractivity contribution in [3.05, 3.63) is 48.4 Å². The van der Waals surface area contributed by atoms with Crippen LogP contribution in [0.2, 0.25) is 0 Å². The summed E-state index contributed by atoms with van der Waals surface area (Å²) < 4.78 is 40.2. The van der Waals surface area contributed by atoms with Gasteiger partial charge >= 0.3 is 0 Å². The Morgan fingerprint density at radius 3 is 2.67 bits per heavy atom. The SMILES string of the molecule is CCN(c1ccccc1F)S(=O)(=O)c1ccnc(NN)c1. The molecule has 0 radical (unpaired) electrons. The highest BCUT2D eigenvalue weighted by atomic mass is 32.2. The summed E-state index contributed by atoms with van der Waals surface area (Å²) in [6, 6.07) is 8.34. The van der Waals surface area contributed by atoms with E-state index in [2.05, 4.69) is 10.4 Å². The lowest BCUT2D eigenvalue weighted by atomic mass is 10.3. The van der Waals surface area contributed by atoms with Gasteiger partial charge in [0.15, 0.2) is 0 Å². The van der Waals surface area contributed by atoms with E-state index in [4.69, 9.17) is 5.84 Å². The van der Waals surface area contributed by atoms with Crippen LogP contribution < -0.4 is 15.6 Å². The Labute approximate surface area is 122 Å². The zero-order valence-electron chi connectivity index (χ0n) is 11.3. The zero-order chi connectivity index (χ0) is 15.5. The first-order valence-electron chi connectivity index (χ1n) is 6.20. The van der Waals surface area contributed by atoms with Crippen LogP contribution in [0.15, 0.2) is 47.5 Å². The molecule has 0 fully saturated rings. The minimum Gasteiger partial charge on any atom is -0.308 e. The zero-order valence-corrected chi connectivity index (χ0v) is 12.1. The Kier molecular flexibility index (Phi) is 4.39. The molecule has 3 N–H and O–H groups in total. The summed E-state index contributed by atoms with van der Waals surface area (Å²) in [7, 11) is -3.90. The van der Waals surface area contributed by atoms with Crippen LogP contribution in [-0.4, -0.2) is 19.9 Å². The van der Waals surface area contributed by atoms with E-state index in [-0.39, 0.29) is 22.9 Å². The second-order valence-electron chi connectivity index (χ2n) is 4.14. The number of hydrogen-bond donors (Lipinski definition) is 2. The fourth-order valence-electron chi connectivity index (χ4n) is 1.90. The number of aromatic nitrogens is 1. The van der Waals surface area contributed by atoms with E-state index in [0.29, 0.717) is 0 Å². The topological polar surface area (TPSA) is 88.3 Å². The second-order valence-corrected chi connectivity index (χ2v) is 6.00. The van der Waals surface area contributed by atoms with Gasteiger partial charge in [-0.2, -0.15) is 0 Å². The molecule has 1 aromatic carbocycles. The first kappa shape index (κ1) is 15.2. The normalized spacial score (nSPS) is 11.2. The van der Waals surface area contributed by atoms with Gasteiger partial charge in [-0.25, -0.2) is 23.6 Å². The Morgan fingerprint density at radius 1 is 1.33 bits per heavy atom. The van der Waals surface area contributed by atoms with Crippen LogP contribution in [0.1, 0.15) is 6.92 Å². The number of nitrogens with one attached hydrogen (secondary N) is 1. The second kappa shape index (κ2) is 6.06. The highest BCUT2D eigenvalue weighted by Crippen LogP contribution is 2.26. The number of nitrogens with two attached hydrogens (primary N) is 1. The maximum atomic E-state index is 13.9. The Morgan fingerprint density at radius 2 is 2.05 bits per heavy atom. The van der Waals surface area contributed by atoms with Gasteiger partial charge in [-0.1, -0.05) is 12.1 Å². The van der Waals surface area contributed by atoms with E-state index in [1.54, 1.807) is 13.0 Å². The van der Waals surface area contributed by atoms with Crippen molar-refractivity contribution in [2.75, 3.05) is 16.3 Å². The predicted octanol–water partition coefficient (Wildman–Crippen LogP) is 1.72. The van der Waals surface area contributed by atoms with Crippen LogP contribution in [0.4, 0.5) is 15.9 Å². The maximum absolute atomic E-state index is 13.9. The summed E-state index contributed by atoms with van der Waals surface area (Å²) in [5, 5.41) is 0. The Hall–Kier alpha value is -2.19. The number of hydrazine groups is 1. The van der Waals surface area contributed by atoms with Gasteiger partial charge in [-0.3, -0.25) is 4.31 Å². The maximum Gasteiger partial charge on any atom is 0.264 e. The molecule has 1 aromatic heterocycles. The minimum absolute atomic E-state index is 0.000861. The Bertz CT molecular complexity index is 736. The van der Waals surface area contributed by atoms with Gasteiger partial charge in [0.2, 0.25) is 0 Å². The summed E-state index contributed by atoms with van der Waals surface area (Å²) in [5.74, 6) is 4.83. The van der Waals surface area contributed by atoms with Crippen molar-refractivity contribution in [1.82, 2.24) is 4.98 Å². The number of benzene rings is 1. The van der Waals surface area contributed by atoms with Gasteiger partial charge in [0.25, 0.3) is 10.0 Å². The summed E-state index contributed by atoms with van der Waals surface area (Å²) in [6.07, 6.45) is 1.32. The summed E-state index contributed by atoms with van der Waals surface area (Å²) in [4.78, 5) is 3.84. The molecule has 21 heavy (non-hydrogen) atoms. The van der Waals surface area contributed by atoms with Crippen LogP contribution >= 0.6 is 0 Å². The van der Waals surface area contributed by atoms with Crippen LogP contribution in [-0.2, 0) is 10.0 Å². The molecule has 0 bridgehead atoms. The average Bonchev–Trinajstić information content (AvgIpc) is 2.50. The van der Waals surface area contributed by atoms with Crippen LogP contribution in [0.3, 0.4) is 0 Å². The van der Waals surface area contributed by atoms with E-state index < -0.39 is 15.8 Å². The number of sulfonamides is 1. The predicted molar refractivity (Wildman–Crippen MR) is 78.7 cm³/mol. The highest BCUT2D eigenvalue weighted by molar-refractivity contribution is 7.92. The number of rotatable bonds is 5. The molecule has 1 heterocycles. The molecule has 0 spiro atoms. The van der Waals surface area contributed by atoms with Gasteiger partial charge in [-0.15, -0.1) is 0 Å². The number of hydrogen-bond acceptors (Lipinski definition) is 5. The standard InChI is InChI=1S/C13H15FN4O2S/c1-2-18(12-6-4-3-5-11(12)14)21(19,20)10-7-8-16-13(9-10)17-15/h3-9H,2,15H2,1H3,(H,16,17). The lowest BCUT2D eigenvalue weighted by molar-refractivity contribution is 0.586. The van der Waals surface area contributed by atoms with Crippen molar-refractivity contribution in [3.63, 3.8) is 0 Å². The van der Waals surface area contributed by atoms with Crippen molar-refractivity contribution >= 4 is 21.5 Å². The molecule has 2 aromatic rings. The van der Waals surface area contributed by atoms with Gasteiger partial charge in [0.1, 0.15) is 11.6 Å². The smallest absolute Gasteiger partial charge is 0.264 e. The molecule has 0 aliphatic rings. The molecule has 0 aliphatic heterocycles. The van der Waals surface area contributed by atoms with Gasteiger partial charge in [0, 0.05) is 18.8 Å². The number of para-hydroxylation sites is 1. The quantitative estimate of drug-likeness (QED) is 0.648. The molecule has 6 nitrogen and oxygen atoms in total. The van der Waals surface area contributed by atoms with E-state index >= 15 is 0 Å². The van der Waals surface area contributed by atoms with Crippen LogP contribution in [0.5, 0.6) is 0 Å². The van der Waals surface area contributed by atoms with E-state index in [1.807, 2.05) is 0 Å². The van der Waals surface area contributed by atoms with E-state index in [0.717, 1.165) is 4.31 Å². The third-order valence-electron chi connectivity index (χ3n) is 2.88. The van der Waals surface area contributed by atoms with Gasteiger partial charge in [-0.05, 0) is 25.1 Å². The molecule has 0 atom stereocenters.